The number of hydrogen-bond acceptors (Lipinski definition) is 3. The number of hydrogen-bond donors (Lipinski definition) is 0. The first kappa shape index (κ1) is 16.0. The fourth-order valence-electron chi connectivity index (χ4n) is 3.54. The fourth-order valence-corrected chi connectivity index (χ4v) is 3.54. The summed E-state index contributed by atoms with van der Waals surface area (Å²) >= 11 is 0. The number of aryl methyl sites for hydroxylation is 1. The van der Waals surface area contributed by atoms with Gasteiger partial charge in [0.25, 0.3) is 0 Å². The second kappa shape index (κ2) is 6.32. The van der Waals surface area contributed by atoms with E-state index in [2.05, 4.69) is 19.0 Å². The number of carbonyl (C=O) groups excluding carboxylic acids is 2. The molecule has 0 saturated carbocycles. The lowest BCUT2D eigenvalue weighted by atomic mass is 10.1. The van der Waals surface area contributed by atoms with Crippen LogP contribution in [0.15, 0.2) is 24.3 Å². The maximum absolute atomic E-state index is 12.7. The minimum absolute atomic E-state index is 0.0531. The Kier molecular flexibility index (Phi) is 4.39. The van der Waals surface area contributed by atoms with Crippen molar-refractivity contribution >= 4 is 17.5 Å². The van der Waals surface area contributed by atoms with Gasteiger partial charge < -0.3 is 14.7 Å². The predicted octanol–water partition coefficient (Wildman–Crippen LogP) is 1.51. The number of anilines is 1. The topological polar surface area (TPSA) is 43.9 Å². The average Bonchev–Trinajstić information content (AvgIpc) is 3.13. The summed E-state index contributed by atoms with van der Waals surface area (Å²) in [5, 5.41) is 0. The third-order valence-electron chi connectivity index (χ3n) is 4.99. The summed E-state index contributed by atoms with van der Waals surface area (Å²) in [5.41, 5.74) is 2.02. The lowest BCUT2D eigenvalue weighted by Crippen LogP contribution is -2.38. The monoisotopic (exact) mass is 315 g/mol. The van der Waals surface area contributed by atoms with E-state index in [1.54, 1.807) is 4.90 Å². The molecule has 0 radical (unpaired) electrons. The number of rotatable bonds is 3. The number of likely N-dealkylation sites (N-methyl/N-ethyl adjacent to an activating group) is 1. The zero-order chi connectivity index (χ0) is 16.6. The summed E-state index contributed by atoms with van der Waals surface area (Å²) in [4.78, 5) is 30.9. The molecule has 2 aliphatic heterocycles. The number of carbonyl (C=O) groups is 2. The van der Waals surface area contributed by atoms with E-state index in [1.807, 2.05) is 36.1 Å². The number of nitrogens with zero attached hydrogens (tertiary/aromatic N) is 3. The summed E-state index contributed by atoms with van der Waals surface area (Å²) in [5.74, 6) is -0.0147. The van der Waals surface area contributed by atoms with E-state index in [9.17, 15) is 9.59 Å². The molecular weight excluding hydrogens is 290 g/mol. The maximum atomic E-state index is 12.7. The van der Waals surface area contributed by atoms with Crippen LogP contribution in [0, 0.1) is 12.8 Å². The molecule has 2 fully saturated rings. The van der Waals surface area contributed by atoms with Crippen molar-refractivity contribution in [1.82, 2.24) is 9.80 Å². The van der Waals surface area contributed by atoms with Gasteiger partial charge in [-0.2, -0.15) is 0 Å². The molecule has 2 saturated heterocycles. The molecule has 2 unspecified atom stereocenters. The van der Waals surface area contributed by atoms with Gasteiger partial charge in [0.2, 0.25) is 11.8 Å². The van der Waals surface area contributed by atoms with E-state index < -0.39 is 0 Å². The minimum Gasteiger partial charge on any atom is -0.341 e. The SMILES string of the molecule is Cc1cccc(N2CC(C(=O)N3CCC(N(C)C)C3)CC2=O)c1. The van der Waals surface area contributed by atoms with Gasteiger partial charge in [0, 0.05) is 37.8 Å². The van der Waals surface area contributed by atoms with Crippen LogP contribution in [0.3, 0.4) is 0 Å². The molecule has 0 bridgehead atoms. The van der Waals surface area contributed by atoms with Gasteiger partial charge >= 0.3 is 0 Å². The Morgan fingerprint density at radius 3 is 2.70 bits per heavy atom. The standard InChI is InChI=1S/C18H25N3O2/c1-13-5-4-6-15(9-13)21-11-14(10-17(21)22)18(23)20-8-7-16(12-20)19(2)3/h4-6,9,14,16H,7-8,10-12H2,1-3H3. The van der Waals surface area contributed by atoms with Crippen LogP contribution in [0.5, 0.6) is 0 Å². The molecule has 2 atom stereocenters. The van der Waals surface area contributed by atoms with Gasteiger partial charge in [-0.25, -0.2) is 0 Å². The summed E-state index contributed by atoms with van der Waals surface area (Å²) in [6.07, 6.45) is 1.34. The third-order valence-corrected chi connectivity index (χ3v) is 4.99. The van der Waals surface area contributed by atoms with Gasteiger partial charge in [-0.15, -0.1) is 0 Å². The average molecular weight is 315 g/mol. The van der Waals surface area contributed by atoms with Crippen LogP contribution in [0.4, 0.5) is 5.69 Å². The molecule has 23 heavy (non-hydrogen) atoms. The van der Waals surface area contributed by atoms with E-state index >= 15 is 0 Å². The van der Waals surface area contributed by atoms with Crippen molar-refractivity contribution in [3.8, 4) is 0 Å². The molecule has 5 heteroatoms. The predicted molar refractivity (Wildman–Crippen MR) is 90.3 cm³/mol. The summed E-state index contributed by atoms with van der Waals surface area (Å²) < 4.78 is 0. The quantitative estimate of drug-likeness (QED) is 0.849. The second-order valence-corrected chi connectivity index (χ2v) is 6.93. The molecular formula is C18H25N3O2. The zero-order valence-electron chi connectivity index (χ0n) is 14.2. The number of amides is 2. The molecule has 2 heterocycles. The second-order valence-electron chi connectivity index (χ2n) is 6.93. The van der Waals surface area contributed by atoms with Crippen molar-refractivity contribution in [3.05, 3.63) is 29.8 Å². The minimum atomic E-state index is -0.205. The lowest BCUT2D eigenvalue weighted by molar-refractivity contribution is -0.134. The third kappa shape index (κ3) is 3.24. The highest BCUT2D eigenvalue weighted by atomic mass is 16.2. The van der Waals surface area contributed by atoms with Crippen LogP contribution in [0.25, 0.3) is 0 Å². The Balaban J connectivity index is 1.67. The van der Waals surface area contributed by atoms with E-state index in [1.165, 1.54) is 0 Å². The lowest BCUT2D eigenvalue weighted by Gasteiger charge is -2.23. The molecule has 2 aliphatic rings. The van der Waals surface area contributed by atoms with Crippen molar-refractivity contribution in [2.45, 2.75) is 25.8 Å². The summed E-state index contributed by atoms with van der Waals surface area (Å²) in [6, 6.07) is 8.34. The zero-order valence-corrected chi connectivity index (χ0v) is 14.2. The molecule has 1 aromatic rings. The van der Waals surface area contributed by atoms with Crippen molar-refractivity contribution in [3.63, 3.8) is 0 Å². The van der Waals surface area contributed by atoms with Crippen LogP contribution >= 0.6 is 0 Å². The molecule has 0 N–H and O–H groups in total. The van der Waals surface area contributed by atoms with E-state index in [-0.39, 0.29) is 17.7 Å². The highest BCUT2D eigenvalue weighted by molar-refractivity contribution is 6.00. The Hall–Kier alpha value is -1.88. The van der Waals surface area contributed by atoms with Crippen LogP contribution in [-0.2, 0) is 9.59 Å². The van der Waals surface area contributed by atoms with Crippen LogP contribution in [0.1, 0.15) is 18.4 Å². The normalized spacial score (nSPS) is 24.8. The van der Waals surface area contributed by atoms with Gasteiger partial charge in [0.15, 0.2) is 0 Å². The first-order valence-electron chi connectivity index (χ1n) is 8.28. The Bertz CT molecular complexity index is 614. The molecule has 5 nitrogen and oxygen atoms in total. The van der Waals surface area contributed by atoms with Crippen LogP contribution < -0.4 is 4.90 Å². The van der Waals surface area contributed by atoms with E-state index in [4.69, 9.17) is 0 Å². The molecule has 3 rings (SSSR count). The van der Waals surface area contributed by atoms with Crippen molar-refractivity contribution in [1.29, 1.82) is 0 Å². The van der Waals surface area contributed by atoms with Crippen molar-refractivity contribution in [2.24, 2.45) is 5.92 Å². The summed E-state index contributed by atoms with van der Waals surface area (Å²) in [6.45, 7) is 4.10. The smallest absolute Gasteiger partial charge is 0.228 e. The summed E-state index contributed by atoms with van der Waals surface area (Å²) in [7, 11) is 4.11. The first-order chi connectivity index (χ1) is 11.0. The van der Waals surface area contributed by atoms with Gasteiger partial charge in [0.05, 0.1) is 5.92 Å². The molecule has 0 spiro atoms. The largest absolute Gasteiger partial charge is 0.341 e. The van der Waals surface area contributed by atoms with Gasteiger partial charge in [0.1, 0.15) is 0 Å². The Labute approximate surface area is 137 Å². The highest BCUT2D eigenvalue weighted by Gasteiger charge is 2.39. The maximum Gasteiger partial charge on any atom is 0.228 e. The van der Waals surface area contributed by atoms with Gasteiger partial charge in [-0.05, 0) is 45.1 Å². The first-order valence-corrected chi connectivity index (χ1v) is 8.28. The number of benzene rings is 1. The van der Waals surface area contributed by atoms with Crippen LogP contribution in [-0.4, -0.2) is 61.4 Å². The van der Waals surface area contributed by atoms with Gasteiger partial charge in [-0.1, -0.05) is 12.1 Å². The van der Waals surface area contributed by atoms with E-state index in [0.717, 1.165) is 30.8 Å². The fraction of sp³-hybridized carbons (Fsp3) is 0.556. The van der Waals surface area contributed by atoms with Crippen molar-refractivity contribution < 1.29 is 9.59 Å². The number of likely N-dealkylation sites (tertiary alicyclic amines) is 1. The molecule has 1 aromatic carbocycles. The van der Waals surface area contributed by atoms with Crippen molar-refractivity contribution in [2.75, 3.05) is 38.6 Å². The van der Waals surface area contributed by atoms with Crippen LogP contribution in [0.2, 0.25) is 0 Å². The highest BCUT2D eigenvalue weighted by Crippen LogP contribution is 2.28. The Morgan fingerprint density at radius 2 is 2.04 bits per heavy atom. The molecule has 124 valence electrons. The molecule has 2 amide bonds. The molecule has 0 aliphatic carbocycles. The molecule has 0 aromatic heterocycles. The van der Waals surface area contributed by atoms with Gasteiger partial charge in [-0.3, -0.25) is 9.59 Å². The Morgan fingerprint density at radius 1 is 1.26 bits per heavy atom. The van der Waals surface area contributed by atoms with E-state index in [0.29, 0.717) is 19.0 Å².